The molecule has 1 rings (SSSR count). The van der Waals surface area contributed by atoms with Crippen molar-refractivity contribution < 1.29 is 14.3 Å². The zero-order valence-corrected chi connectivity index (χ0v) is 10.9. The van der Waals surface area contributed by atoms with Gasteiger partial charge in [0.25, 0.3) is 0 Å². The van der Waals surface area contributed by atoms with Crippen molar-refractivity contribution in [2.45, 2.75) is 39.2 Å². The zero-order valence-electron chi connectivity index (χ0n) is 10.9. The molecule has 17 heavy (non-hydrogen) atoms. The Hall–Kier alpha value is -1.10. The molecule has 1 saturated heterocycles. The van der Waals surface area contributed by atoms with Gasteiger partial charge in [0.15, 0.2) is 0 Å². The summed E-state index contributed by atoms with van der Waals surface area (Å²) in [6.45, 7) is 7.52. The molecule has 0 saturated carbocycles. The Balaban J connectivity index is 2.63. The van der Waals surface area contributed by atoms with Gasteiger partial charge in [-0.2, -0.15) is 0 Å². The van der Waals surface area contributed by atoms with Gasteiger partial charge in [-0.1, -0.05) is 13.8 Å². The SMILES string of the molecule is CCCOCCN1C(=O)CNC(=O)C1(C)CC. The van der Waals surface area contributed by atoms with E-state index in [4.69, 9.17) is 4.74 Å². The molecule has 1 N–H and O–H groups in total. The standard InChI is InChI=1S/C12H22N2O3/c1-4-7-17-8-6-14-10(15)9-13-11(16)12(14,3)5-2/h4-9H2,1-3H3,(H,13,16). The van der Waals surface area contributed by atoms with E-state index in [1.165, 1.54) is 0 Å². The largest absolute Gasteiger partial charge is 0.380 e. The van der Waals surface area contributed by atoms with Crippen LogP contribution in [-0.2, 0) is 14.3 Å². The van der Waals surface area contributed by atoms with Crippen molar-refractivity contribution >= 4 is 11.8 Å². The Morgan fingerprint density at radius 2 is 2.06 bits per heavy atom. The lowest BCUT2D eigenvalue weighted by Gasteiger charge is -2.42. The van der Waals surface area contributed by atoms with Crippen LogP contribution in [0, 0.1) is 0 Å². The smallest absolute Gasteiger partial charge is 0.246 e. The van der Waals surface area contributed by atoms with E-state index in [9.17, 15) is 9.59 Å². The molecule has 0 aliphatic carbocycles. The summed E-state index contributed by atoms with van der Waals surface area (Å²) in [5, 5.41) is 2.63. The van der Waals surface area contributed by atoms with Crippen LogP contribution in [0.2, 0.25) is 0 Å². The number of piperazine rings is 1. The van der Waals surface area contributed by atoms with Crippen molar-refractivity contribution in [3.05, 3.63) is 0 Å². The molecule has 0 aromatic rings. The van der Waals surface area contributed by atoms with Gasteiger partial charge in [0.05, 0.1) is 13.2 Å². The highest BCUT2D eigenvalue weighted by atomic mass is 16.5. The van der Waals surface area contributed by atoms with Gasteiger partial charge < -0.3 is 15.0 Å². The molecular formula is C12H22N2O3. The second-order valence-electron chi connectivity index (χ2n) is 4.47. The number of nitrogens with one attached hydrogen (secondary N) is 1. The van der Waals surface area contributed by atoms with Crippen LogP contribution in [0.5, 0.6) is 0 Å². The average Bonchev–Trinajstić information content (AvgIpc) is 2.33. The van der Waals surface area contributed by atoms with E-state index in [0.717, 1.165) is 6.42 Å². The maximum Gasteiger partial charge on any atom is 0.246 e. The van der Waals surface area contributed by atoms with E-state index in [2.05, 4.69) is 5.32 Å². The molecule has 1 fully saturated rings. The van der Waals surface area contributed by atoms with Gasteiger partial charge >= 0.3 is 0 Å². The maximum absolute atomic E-state index is 11.8. The number of hydrogen-bond acceptors (Lipinski definition) is 3. The number of carbonyl (C=O) groups is 2. The zero-order chi connectivity index (χ0) is 12.9. The maximum atomic E-state index is 11.8. The molecule has 0 aromatic carbocycles. The first-order chi connectivity index (χ1) is 8.06. The molecule has 0 aromatic heterocycles. The fourth-order valence-electron chi connectivity index (χ4n) is 1.96. The summed E-state index contributed by atoms with van der Waals surface area (Å²) in [5.74, 6) is -0.107. The summed E-state index contributed by atoms with van der Waals surface area (Å²) < 4.78 is 5.38. The second kappa shape index (κ2) is 6.00. The Bertz CT molecular complexity index is 293. The molecule has 0 radical (unpaired) electrons. The van der Waals surface area contributed by atoms with Crippen molar-refractivity contribution in [1.29, 1.82) is 0 Å². The van der Waals surface area contributed by atoms with Crippen molar-refractivity contribution in [3.63, 3.8) is 0 Å². The van der Waals surface area contributed by atoms with E-state index in [0.29, 0.717) is 26.2 Å². The highest BCUT2D eigenvalue weighted by Crippen LogP contribution is 2.22. The minimum absolute atomic E-state index is 0.0333. The van der Waals surface area contributed by atoms with Crippen LogP contribution in [0.15, 0.2) is 0 Å². The summed E-state index contributed by atoms with van der Waals surface area (Å²) in [6.07, 6.45) is 1.57. The van der Waals surface area contributed by atoms with E-state index < -0.39 is 5.54 Å². The van der Waals surface area contributed by atoms with Gasteiger partial charge in [0.1, 0.15) is 5.54 Å². The van der Waals surface area contributed by atoms with Crippen LogP contribution in [0.4, 0.5) is 0 Å². The molecule has 1 heterocycles. The second-order valence-corrected chi connectivity index (χ2v) is 4.47. The number of rotatable bonds is 6. The lowest BCUT2D eigenvalue weighted by atomic mass is 9.93. The Morgan fingerprint density at radius 1 is 1.35 bits per heavy atom. The molecule has 5 nitrogen and oxygen atoms in total. The van der Waals surface area contributed by atoms with Crippen molar-refractivity contribution in [2.75, 3.05) is 26.3 Å². The Morgan fingerprint density at radius 3 is 2.65 bits per heavy atom. The summed E-state index contributed by atoms with van der Waals surface area (Å²) in [5.41, 5.74) is -0.731. The van der Waals surface area contributed by atoms with Crippen LogP contribution < -0.4 is 5.32 Å². The number of nitrogens with zero attached hydrogens (tertiary/aromatic N) is 1. The summed E-state index contributed by atoms with van der Waals surface area (Å²) in [4.78, 5) is 25.3. The van der Waals surface area contributed by atoms with Crippen molar-refractivity contribution in [3.8, 4) is 0 Å². The molecule has 2 amide bonds. The number of ether oxygens (including phenoxy) is 1. The Labute approximate surface area is 102 Å². The van der Waals surface area contributed by atoms with Crippen LogP contribution in [-0.4, -0.2) is 48.6 Å². The minimum atomic E-state index is -0.731. The molecule has 1 aliphatic rings. The van der Waals surface area contributed by atoms with Crippen LogP contribution in [0.1, 0.15) is 33.6 Å². The van der Waals surface area contributed by atoms with Gasteiger partial charge in [0.2, 0.25) is 11.8 Å². The first-order valence-corrected chi connectivity index (χ1v) is 6.22. The lowest BCUT2D eigenvalue weighted by Crippen LogP contribution is -2.66. The quantitative estimate of drug-likeness (QED) is 0.692. The van der Waals surface area contributed by atoms with E-state index in [1.807, 2.05) is 13.8 Å². The minimum Gasteiger partial charge on any atom is -0.380 e. The van der Waals surface area contributed by atoms with E-state index in [1.54, 1.807) is 11.8 Å². The highest BCUT2D eigenvalue weighted by Gasteiger charge is 2.43. The van der Waals surface area contributed by atoms with Gasteiger partial charge in [0, 0.05) is 13.2 Å². The number of carbonyl (C=O) groups excluding carboxylic acids is 2. The number of amides is 2. The molecule has 0 bridgehead atoms. The first-order valence-electron chi connectivity index (χ1n) is 6.22. The van der Waals surface area contributed by atoms with Gasteiger partial charge in [-0.15, -0.1) is 0 Å². The monoisotopic (exact) mass is 242 g/mol. The average molecular weight is 242 g/mol. The van der Waals surface area contributed by atoms with Gasteiger partial charge in [-0.25, -0.2) is 0 Å². The molecule has 1 unspecified atom stereocenters. The molecule has 5 heteroatoms. The molecule has 1 atom stereocenters. The van der Waals surface area contributed by atoms with Crippen LogP contribution >= 0.6 is 0 Å². The van der Waals surface area contributed by atoms with Crippen molar-refractivity contribution in [2.24, 2.45) is 0 Å². The third kappa shape index (κ3) is 2.97. The lowest BCUT2D eigenvalue weighted by molar-refractivity contribution is -0.153. The van der Waals surface area contributed by atoms with Crippen molar-refractivity contribution in [1.82, 2.24) is 10.2 Å². The fourth-order valence-corrected chi connectivity index (χ4v) is 1.96. The highest BCUT2D eigenvalue weighted by molar-refractivity contribution is 5.97. The first kappa shape index (κ1) is 14.0. The Kier molecular flexibility index (Phi) is 4.93. The summed E-state index contributed by atoms with van der Waals surface area (Å²) in [6, 6.07) is 0. The normalized spacial score (nSPS) is 25.0. The predicted octanol–water partition coefficient (Wildman–Crippen LogP) is 0.540. The number of hydrogen-bond donors (Lipinski definition) is 1. The summed E-state index contributed by atoms with van der Waals surface area (Å²) in [7, 11) is 0. The van der Waals surface area contributed by atoms with Gasteiger partial charge in [-0.3, -0.25) is 9.59 Å². The van der Waals surface area contributed by atoms with E-state index >= 15 is 0 Å². The fraction of sp³-hybridized carbons (Fsp3) is 0.833. The predicted molar refractivity (Wildman–Crippen MR) is 64.5 cm³/mol. The molecule has 98 valence electrons. The van der Waals surface area contributed by atoms with Crippen LogP contribution in [0.3, 0.4) is 0 Å². The summed E-state index contributed by atoms with van der Waals surface area (Å²) >= 11 is 0. The molecular weight excluding hydrogens is 220 g/mol. The third-order valence-corrected chi connectivity index (χ3v) is 3.28. The third-order valence-electron chi connectivity index (χ3n) is 3.28. The van der Waals surface area contributed by atoms with Gasteiger partial charge in [-0.05, 0) is 19.8 Å². The molecule has 0 spiro atoms. The molecule has 1 aliphatic heterocycles. The van der Waals surface area contributed by atoms with Crippen LogP contribution in [0.25, 0.3) is 0 Å². The van der Waals surface area contributed by atoms with E-state index in [-0.39, 0.29) is 18.4 Å². The topological polar surface area (TPSA) is 58.6 Å².